The molecule has 1 fully saturated rings. The van der Waals surface area contributed by atoms with E-state index in [9.17, 15) is 18.4 Å². The molecule has 0 aliphatic carbocycles. The fourth-order valence-electron chi connectivity index (χ4n) is 5.31. The Balaban J connectivity index is 1.30. The summed E-state index contributed by atoms with van der Waals surface area (Å²) in [6.07, 6.45) is 3.16. The van der Waals surface area contributed by atoms with Gasteiger partial charge in [0.15, 0.2) is 5.82 Å². The molecule has 2 aliphatic rings. The number of amides is 2. The number of amidine groups is 1. The van der Waals surface area contributed by atoms with Crippen LogP contribution < -0.4 is 16.1 Å². The molecule has 2 aliphatic heterocycles. The van der Waals surface area contributed by atoms with E-state index in [-0.39, 0.29) is 29.7 Å². The van der Waals surface area contributed by atoms with E-state index in [1.54, 1.807) is 31.2 Å². The Bertz CT molecular complexity index is 1410. The molecule has 4 atom stereocenters. The Labute approximate surface area is 236 Å². The van der Waals surface area contributed by atoms with E-state index in [1.807, 2.05) is 4.90 Å². The molecule has 5 rings (SSSR count). The van der Waals surface area contributed by atoms with E-state index in [4.69, 9.17) is 4.84 Å². The average molecular weight is 568 g/mol. The van der Waals surface area contributed by atoms with Gasteiger partial charge in [-0.05, 0) is 62.4 Å². The summed E-state index contributed by atoms with van der Waals surface area (Å²) in [7, 11) is 0. The molecule has 12 heteroatoms. The van der Waals surface area contributed by atoms with Crippen molar-refractivity contribution in [2.24, 2.45) is 4.99 Å². The number of carbonyl (C=O) groups is 2. The van der Waals surface area contributed by atoms with Crippen LogP contribution >= 0.6 is 0 Å². The Morgan fingerprint density at radius 3 is 2.73 bits per heavy atom. The molecule has 1 saturated heterocycles. The van der Waals surface area contributed by atoms with Crippen molar-refractivity contribution in [3.05, 3.63) is 65.5 Å². The molecule has 218 valence electrons. The number of carbonyl (C=O) groups excluding carboxylic acids is 2. The minimum atomic E-state index is -0.966. The van der Waals surface area contributed by atoms with E-state index in [0.717, 1.165) is 31.2 Å². The predicted molar refractivity (Wildman–Crippen MR) is 149 cm³/mol. The Hall–Kier alpha value is -3.90. The molecule has 2 aromatic carbocycles. The smallest absolute Gasteiger partial charge is 0.238 e. The summed E-state index contributed by atoms with van der Waals surface area (Å²) in [5.41, 5.74) is 4.30. The predicted octanol–water partition coefficient (Wildman–Crippen LogP) is 3.62. The van der Waals surface area contributed by atoms with Crippen LogP contribution in [0.2, 0.25) is 0 Å². The van der Waals surface area contributed by atoms with Gasteiger partial charge in [-0.3, -0.25) is 14.9 Å². The van der Waals surface area contributed by atoms with Gasteiger partial charge in [-0.15, -0.1) is 0 Å². The number of aromatic nitrogens is 2. The van der Waals surface area contributed by atoms with Crippen LogP contribution in [0.5, 0.6) is 0 Å². The molecule has 3 heterocycles. The fourth-order valence-corrected chi connectivity index (χ4v) is 5.31. The third kappa shape index (κ3) is 6.88. The number of hydrogen-bond donors (Lipinski definition) is 4. The molecule has 41 heavy (non-hydrogen) atoms. The zero-order valence-corrected chi connectivity index (χ0v) is 23.1. The van der Waals surface area contributed by atoms with Crippen molar-refractivity contribution in [1.29, 1.82) is 0 Å². The number of fused-ring (bicyclic) bond motifs is 1. The summed E-state index contributed by atoms with van der Waals surface area (Å²) >= 11 is 0. The lowest BCUT2D eigenvalue weighted by atomic mass is 9.99. The maximum absolute atomic E-state index is 14.2. The van der Waals surface area contributed by atoms with Crippen LogP contribution in [0.25, 0.3) is 11.0 Å². The number of piperidine rings is 1. The van der Waals surface area contributed by atoms with Crippen molar-refractivity contribution in [1.82, 2.24) is 31.0 Å². The molecule has 0 spiro atoms. The maximum Gasteiger partial charge on any atom is 0.238 e. The maximum atomic E-state index is 14.2. The number of nitrogens with zero attached hydrogens (tertiary/aromatic N) is 3. The number of hydroxylamine groups is 1. The Morgan fingerprint density at radius 2 is 1.98 bits per heavy atom. The summed E-state index contributed by atoms with van der Waals surface area (Å²) in [4.78, 5) is 46.2. The molecule has 2 amide bonds. The van der Waals surface area contributed by atoms with E-state index in [0.29, 0.717) is 30.1 Å². The van der Waals surface area contributed by atoms with Gasteiger partial charge in [0.25, 0.3) is 0 Å². The van der Waals surface area contributed by atoms with Crippen LogP contribution in [0.1, 0.15) is 63.4 Å². The van der Waals surface area contributed by atoms with Gasteiger partial charge >= 0.3 is 0 Å². The number of hydrogen-bond acceptors (Lipinski definition) is 7. The van der Waals surface area contributed by atoms with Crippen LogP contribution in [-0.2, 0) is 20.8 Å². The van der Waals surface area contributed by atoms with Gasteiger partial charge in [0.1, 0.15) is 23.0 Å². The minimum absolute atomic E-state index is 0.0908. The topological polar surface area (TPSA) is 124 Å². The zero-order valence-electron chi connectivity index (χ0n) is 23.1. The first-order valence-corrected chi connectivity index (χ1v) is 14.0. The second kappa shape index (κ2) is 12.7. The highest BCUT2D eigenvalue weighted by molar-refractivity contribution is 5.89. The normalized spacial score (nSPS) is 20.4. The van der Waals surface area contributed by atoms with Crippen molar-refractivity contribution in [3.63, 3.8) is 0 Å². The largest absolute Gasteiger partial charge is 0.345 e. The lowest BCUT2D eigenvalue weighted by Gasteiger charge is -2.36. The van der Waals surface area contributed by atoms with Crippen LogP contribution in [0.4, 0.5) is 8.78 Å². The molecular formula is C29H35F2N7O3. The van der Waals surface area contributed by atoms with E-state index < -0.39 is 30.2 Å². The van der Waals surface area contributed by atoms with Crippen molar-refractivity contribution < 1.29 is 23.2 Å². The van der Waals surface area contributed by atoms with Gasteiger partial charge in [-0.1, -0.05) is 25.1 Å². The van der Waals surface area contributed by atoms with E-state index >= 15 is 0 Å². The molecule has 1 aromatic heterocycles. The number of aliphatic imine (C=N–C) groups is 1. The number of para-hydroxylation sites is 1. The molecule has 1 unspecified atom stereocenters. The number of aromatic amines is 1. The summed E-state index contributed by atoms with van der Waals surface area (Å²) in [5, 5.41) is 5.95. The first-order valence-electron chi connectivity index (χ1n) is 14.0. The molecule has 0 radical (unpaired) electrons. The van der Waals surface area contributed by atoms with Gasteiger partial charge in [0.05, 0.1) is 24.0 Å². The number of halogens is 2. The highest BCUT2D eigenvalue weighted by atomic mass is 19.1. The first-order chi connectivity index (χ1) is 19.8. The number of likely N-dealkylation sites (tertiary alicyclic amines) is 1. The van der Waals surface area contributed by atoms with E-state index in [1.165, 1.54) is 18.2 Å². The standard InChI is InChI=1S/C29H35F2N7O3/c1-3-20-7-4-5-14-38(20)25(39)16-23(34-29-35-24(37-41-29)15-18-10-12-19(30)13-11-18)28(40)32-17(2)27-33-22-9-6-8-21(31)26(22)36-27/h6,8-13,17,20,23,29,34H,3-5,7,14-16H2,1-2H3,(H,32,40)(H,33,36)(H,35,37)/t17-,20-,23-,29?/m0/s1. The molecule has 0 saturated carbocycles. The van der Waals surface area contributed by atoms with Crippen LogP contribution in [0.15, 0.2) is 47.5 Å². The zero-order chi connectivity index (χ0) is 28.9. The summed E-state index contributed by atoms with van der Waals surface area (Å²) < 4.78 is 27.4. The quantitative estimate of drug-likeness (QED) is 0.297. The van der Waals surface area contributed by atoms with Crippen LogP contribution in [0.3, 0.4) is 0 Å². The molecule has 10 nitrogen and oxygen atoms in total. The number of imidazole rings is 1. The lowest BCUT2D eigenvalue weighted by Crippen LogP contribution is -2.52. The van der Waals surface area contributed by atoms with Gasteiger partial charge in [0, 0.05) is 19.0 Å². The molecule has 3 aromatic rings. The Kier molecular flexibility index (Phi) is 8.89. The summed E-state index contributed by atoms with van der Waals surface area (Å²) in [6.45, 7) is 4.46. The fraction of sp³-hybridized carbons (Fsp3) is 0.448. The van der Waals surface area contributed by atoms with Gasteiger partial charge < -0.3 is 15.2 Å². The van der Waals surface area contributed by atoms with E-state index in [2.05, 4.69) is 38.0 Å². The van der Waals surface area contributed by atoms with Crippen molar-refractivity contribution in [3.8, 4) is 0 Å². The van der Waals surface area contributed by atoms with Crippen molar-refractivity contribution in [2.75, 3.05) is 6.54 Å². The Morgan fingerprint density at radius 1 is 1.17 bits per heavy atom. The molecule has 0 bridgehead atoms. The average Bonchev–Trinajstić information content (AvgIpc) is 3.61. The summed E-state index contributed by atoms with van der Waals surface area (Å²) in [5.74, 6) is -0.457. The second-order valence-corrected chi connectivity index (χ2v) is 10.5. The summed E-state index contributed by atoms with van der Waals surface area (Å²) in [6, 6.07) is 9.26. The number of benzene rings is 2. The van der Waals surface area contributed by atoms with Gasteiger partial charge in [-0.2, -0.15) is 0 Å². The minimum Gasteiger partial charge on any atom is -0.345 e. The van der Waals surface area contributed by atoms with Gasteiger partial charge in [-0.25, -0.2) is 29.1 Å². The SMILES string of the molecule is CC[C@H]1CCCCN1C(=O)C[C@H](NC1N=C(Cc2ccc(F)cc2)NO1)C(=O)N[C@@H](C)c1nc2c(F)cccc2[nH]1. The van der Waals surface area contributed by atoms with Crippen LogP contribution in [-0.4, -0.2) is 57.5 Å². The van der Waals surface area contributed by atoms with Gasteiger partial charge in [0.2, 0.25) is 18.2 Å². The lowest BCUT2D eigenvalue weighted by molar-refractivity contribution is -0.139. The number of nitrogens with one attached hydrogen (secondary N) is 4. The highest BCUT2D eigenvalue weighted by Gasteiger charge is 2.33. The van der Waals surface area contributed by atoms with Crippen LogP contribution in [0, 0.1) is 11.6 Å². The van der Waals surface area contributed by atoms with Crippen molar-refractivity contribution >= 4 is 28.7 Å². The molecule has 4 N–H and O–H groups in total. The first kappa shape index (κ1) is 28.6. The third-order valence-corrected chi connectivity index (χ3v) is 7.55. The number of rotatable bonds is 10. The molecular weight excluding hydrogens is 532 g/mol. The second-order valence-electron chi connectivity index (χ2n) is 10.5. The number of H-pyrrole nitrogens is 1. The van der Waals surface area contributed by atoms with Crippen molar-refractivity contribution in [2.45, 2.75) is 76.8 Å². The highest BCUT2D eigenvalue weighted by Crippen LogP contribution is 2.22. The monoisotopic (exact) mass is 567 g/mol. The third-order valence-electron chi connectivity index (χ3n) is 7.55.